The van der Waals surface area contributed by atoms with Crippen molar-refractivity contribution in [3.63, 3.8) is 0 Å². The Morgan fingerprint density at radius 2 is 1.43 bits per heavy atom. The second kappa shape index (κ2) is 21.7. The van der Waals surface area contributed by atoms with Crippen LogP contribution in [0.1, 0.15) is 63.3 Å². The molecule has 0 aliphatic carbocycles. The summed E-state index contributed by atoms with van der Waals surface area (Å²) in [5.41, 5.74) is 4.65. The lowest BCUT2D eigenvalue weighted by Gasteiger charge is -2.24. The van der Waals surface area contributed by atoms with Gasteiger partial charge in [0, 0.05) is 30.9 Å². The molecule has 15 heteroatoms. The van der Waals surface area contributed by atoms with E-state index in [9.17, 15) is 35.9 Å². The summed E-state index contributed by atoms with van der Waals surface area (Å²) in [6, 6.07) is 18.0. The number of rotatable bonds is 10. The molecule has 308 valence electrons. The Morgan fingerprint density at radius 1 is 0.821 bits per heavy atom. The van der Waals surface area contributed by atoms with E-state index < -0.39 is 39.0 Å². The van der Waals surface area contributed by atoms with Crippen LogP contribution in [0.3, 0.4) is 0 Å². The quantitative estimate of drug-likeness (QED) is 0.0924. The molecule has 4 aromatic rings. The minimum Gasteiger partial charge on any atom is -0.508 e. The van der Waals surface area contributed by atoms with Gasteiger partial charge in [-0.15, -0.1) is 12.4 Å². The van der Waals surface area contributed by atoms with E-state index in [4.69, 9.17) is 9.47 Å². The van der Waals surface area contributed by atoms with Gasteiger partial charge in [-0.25, -0.2) is 22.4 Å². The van der Waals surface area contributed by atoms with Crippen LogP contribution in [0.2, 0.25) is 0 Å². The Labute approximate surface area is 333 Å². The van der Waals surface area contributed by atoms with Gasteiger partial charge in [0.25, 0.3) is 10.1 Å². The average molecular weight is 827 g/mol. The van der Waals surface area contributed by atoms with E-state index >= 15 is 0 Å². The number of phenolic OH excluding ortho intramolecular Hbond substituents is 1. The molecular weight excluding hydrogens is 776 g/mol. The van der Waals surface area contributed by atoms with Gasteiger partial charge in [0.05, 0.1) is 25.2 Å². The van der Waals surface area contributed by atoms with Crippen molar-refractivity contribution in [2.24, 2.45) is 0 Å². The zero-order valence-corrected chi connectivity index (χ0v) is 32.8. The molecule has 56 heavy (non-hydrogen) atoms. The molecule has 4 aromatic carbocycles. The van der Waals surface area contributed by atoms with Gasteiger partial charge in [-0.3, -0.25) is 9.08 Å². The van der Waals surface area contributed by atoms with E-state index in [1.807, 2.05) is 39.0 Å². The summed E-state index contributed by atoms with van der Waals surface area (Å²) >= 11 is 0. The molecule has 0 saturated carbocycles. The molecule has 0 aromatic heterocycles. The summed E-state index contributed by atoms with van der Waals surface area (Å²) in [4.78, 5) is 13.6. The zero-order chi connectivity index (χ0) is 39.5. The number of fused-ring (bicyclic) bond motifs is 2. The van der Waals surface area contributed by atoms with Gasteiger partial charge in [0.15, 0.2) is 0 Å². The van der Waals surface area contributed by atoms with E-state index in [2.05, 4.69) is 9.50 Å². The van der Waals surface area contributed by atoms with E-state index in [0.717, 1.165) is 60.8 Å². The highest BCUT2D eigenvalue weighted by Crippen LogP contribution is 2.32. The number of carbonyl (C=O) groups is 1. The number of amides is 1. The molecule has 2 heterocycles. The Kier molecular flexibility index (Phi) is 18.4. The van der Waals surface area contributed by atoms with Gasteiger partial charge < -0.3 is 19.9 Å². The Hall–Kier alpha value is -4.53. The molecule has 2 aliphatic rings. The molecule has 0 saturated heterocycles. The molecule has 0 bridgehead atoms. The lowest BCUT2D eigenvalue weighted by molar-refractivity contribution is 0.0584. The van der Waals surface area contributed by atoms with Gasteiger partial charge in [-0.2, -0.15) is 8.42 Å². The van der Waals surface area contributed by atoms with Gasteiger partial charge in [-0.05, 0) is 130 Å². The fourth-order valence-electron chi connectivity index (χ4n) is 5.64. The molecule has 0 atom stereocenters. The van der Waals surface area contributed by atoms with Crippen molar-refractivity contribution in [3.8, 4) is 11.5 Å². The van der Waals surface area contributed by atoms with Crippen molar-refractivity contribution in [1.82, 2.24) is 0 Å². The number of aryl methyl sites for hydroxylation is 2. The maximum Gasteiger partial charge on any atom is 0.414 e. The topological polar surface area (TPSA) is 114 Å². The third kappa shape index (κ3) is 15.5. The number of phenols is 1. The summed E-state index contributed by atoms with van der Waals surface area (Å²) in [7, 11) is -3.45. The Bertz CT molecular complexity index is 2010. The number of aromatic hydroxyl groups is 1. The van der Waals surface area contributed by atoms with Gasteiger partial charge in [-0.1, -0.05) is 19.6 Å². The molecule has 0 radical (unpaired) electrons. The number of hydrogen-bond acceptors (Lipinski definition) is 8. The van der Waals surface area contributed by atoms with Crippen LogP contribution < -0.4 is 15.0 Å². The first-order valence-electron chi connectivity index (χ1n) is 17.5. The average Bonchev–Trinajstić information content (AvgIpc) is 3.73. The summed E-state index contributed by atoms with van der Waals surface area (Å²) in [6.07, 6.45) is 4.29. The van der Waals surface area contributed by atoms with Crippen LogP contribution in [-0.2, 0) is 44.7 Å². The maximum atomic E-state index is 13.5. The normalized spacial score (nSPS) is 12.6. The number of nitrogens with zero attached hydrogens (tertiary/aromatic N) is 1. The molecular formula is C41H51ClF4N2O7S. The molecule has 0 spiro atoms. The van der Waals surface area contributed by atoms with Crippen LogP contribution in [0.25, 0.3) is 0 Å². The molecule has 2 N–H and O–H groups in total. The predicted molar refractivity (Wildman–Crippen MR) is 214 cm³/mol. The highest BCUT2D eigenvalue weighted by molar-refractivity contribution is 7.85. The van der Waals surface area contributed by atoms with E-state index in [0.29, 0.717) is 50.0 Å². The lowest BCUT2D eigenvalue weighted by atomic mass is 10.1. The molecule has 2 aliphatic heterocycles. The summed E-state index contributed by atoms with van der Waals surface area (Å²) in [6.45, 7) is 7.63. The first-order valence-corrected chi connectivity index (χ1v) is 19.3. The lowest BCUT2D eigenvalue weighted by Crippen LogP contribution is -2.35. The van der Waals surface area contributed by atoms with Crippen LogP contribution in [-0.4, -0.2) is 57.8 Å². The van der Waals surface area contributed by atoms with Crippen molar-refractivity contribution < 1.29 is 49.5 Å². The summed E-state index contributed by atoms with van der Waals surface area (Å²) < 4.78 is 88.7. The molecule has 6 rings (SSSR count). The third-order valence-corrected chi connectivity index (χ3v) is 8.73. The first kappa shape index (κ1) is 47.6. The Balaban J connectivity index is 0.000000289. The van der Waals surface area contributed by atoms with Crippen molar-refractivity contribution >= 4 is 40.0 Å². The highest BCUT2D eigenvalue weighted by atomic mass is 35.5. The number of benzene rings is 4. The summed E-state index contributed by atoms with van der Waals surface area (Å²) in [5.74, 6) is -1.21. The first-order chi connectivity index (χ1) is 25.5. The zero-order valence-electron chi connectivity index (χ0n) is 31.2. The fourth-order valence-corrected chi connectivity index (χ4v) is 6.06. The number of hydrogen-bond donors (Lipinski definition) is 2. The molecule has 1 amide bonds. The number of nitrogens with one attached hydrogen (secondary N) is 1. The van der Waals surface area contributed by atoms with Gasteiger partial charge in [0.1, 0.15) is 40.4 Å². The molecule has 0 fully saturated rings. The number of ether oxygens (including phenoxy) is 2. The van der Waals surface area contributed by atoms with Crippen molar-refractivity contribution in [2.75, 3.05) is 42.8 Å². The van der Waals surface area contributed by atoms with Gasteiger partial charge in [0.2, 0.25) is 0 Å². The second-order valence-electron chi connectivity index (χ2n) is 13.7. The third-order valence-electron chi connectivity index (χ3n) is 8.14. The molecule has 0 unspecified atom stereocenters. The van der Waals surface area contributed by atoms with E-state index in [1.165, 1.54) is 29.4 Å². The standard InChI is InChI=1S/C17H17F2NO.C13H17NO3.C10H12F2O3S.CH4.ClH/c18-14-4-3-12(16(19)11-14)2-1-9-21-15-5-6-17-13(10-15)7-8-20-17;1-13(2,3)17-12(16)14-7-6-9-8-10(15)4-5-11(9)14;1-16(13,14)15-6-2-3-8-4-5-9(11)7-10(8)12;;/h3-6,10-11,20H,1-2,7-9H2;4-5,8,15H,6-7H2,1-3H3;4-5,7H,2-3,6H2,1H3;1H4;1H. The summed E-state index contributed by atoms with van der Waals surface area (Å²) in [5, 5.41) is 12.7. The number of anilines is 2. The largest absolute Gasteiger partial charge is 0.508 e. The smallest absolute Gasteiger partial charge is 0.414 e. The van der Waals surface area contributed by atoms with Crippen LogP contribution in [0.5, 0.6) is 11.5 Å². The Morgan fingerprint density at radius 3 is 2.00 bits per heavy atom. The minimum atomic E-state index is -3.45. The number of halogens is 5. The van der Waals surface area contributed by atoms with E-state index in [1.54, 1.807) is 23.1 Å². The van der Waals surface area contributed by atoms with Crippen LogP contribution in [0.15, 0.2) is 72.8 Å². The second-order valence-corrected chi connectivity index (χ2v) is 15.4. The van der Waals surface area contributed by atoms with Crippen LogP contribution in [0.4, 0.5) is 33.7 Å². The fraction of sp³-hybridized carbons (Fsp3) is 0.390. The van der Waals surface area contributed by atoms with Crippen LogP contribution in [0, 0.1) is 23.3 Å². The van der Waals surface area contributed by atoms with Gasteiger partial charge >= 0.3 is 6.09 Å². The predicted octanol–water partition coefficient (Wildman–Crippen LogP) is 9.57. The molecule has 9 nitrogen and oxygen atoms in total. The monoisotopic (exact) mass is 826 g/mol. The van der Waals surface area contributed by atoms with E-state index in [-0.39, 0.29) is 38.3 Å². The van der Waals surface area contributed by atoms with Crippen molar-refractivity contribution in [1.29, 1.82) is 0 Å². The van der Waals surface area contributed by atoms with Crippen LogP contribution >= 0.6 is 12.4 Å². The maximum absolute atomic E-state index is 13.5. The SMILES string of the molecule is C.CC(C)(C)OC(=O)N1CCc2cc(O)ccc21.CS(=O)(=O)OCCCc1ccc(F)cc1F.Cl.Fc1ccc(CCCOc2ccc3c(c2)CCN3)c(F)c1. The minimum absolute atomic E-state index is 0. The highest BCUT2D eigenvalue weighted by Gasteiger charge is 2.29. The van der Waals surface area contributed by atoms with Crippen molar-refractivity contribution in [2.45, 2.75) is 72.3 Å². The van der Waals surface area contributed by atoms with Crippen molar-refractivity contribution in [3.05, 3.63) is 118 Å². The number of carbonyl (C=O) groups excluding carboxylic acids is 1.